The molecule has 1 amide bonds. The Morgan fingerprint density at radius 3 is 2.53 bits per heavy atom. The average molecular weight is 236 g/mol. The topological polar surface area (TPSA) is 55.6 Å². The molecule has 0 spiro atoms. The summed E-state index contributed by atoms with van der Waals surface area (Å²) < 4.78 is 5.29. The number of ether oxygens (including phenoxy) is 1. The molecule has 0 heterocycles. The summed E-state index contributed by atoms with van der Waals surface area (Å²) in [6.07, 6.45) is 0.913. The molecule has 0 aliphatic carbocycles. The van der Waals surface area contributed by atoms with Crippen LogP contribution in [-0.4, -0.2) is 32.0 Å². The third kappa shape index (κ3) is 2.97. The van der Waals surface area contributed by atoms with Crippen molar-refractivity contribution in [3.05, 3.63) is 29.3 Å². The van der Waals surface area contributed by atoms with Crippen LogP contribution in [0.1, 0.15) is 24.1 Å². The number of carbonyl (C=O) groups is 1. The van der Waals surface area contributed by atoms with Crippen LogP contribution in [0.3, 0.4) is 0 Å². The Bertz CT molecular complexity index is 402. The smallest absolute Gasteiger partial charge is 0.239 e. The highest BCUT2D eigenvalue weighted by Gasteiger charge is 2.23. The fourth-order valence-corrected chi connectivity index (χ4v) is 1.90. The maximum absolute atomic E-state index is 11.5. The van der Waals surface area contributed by atoms with Gasteiger partial charge in [-0.3, -0.25) is 9.69 Å². The van der Waals surface area contributed by atoms with Crippen LogP contribution in [-0.2, 0) is 11.2 Å². The molecule has 1 unspecified atom stereocenters. The van der Waals surface area contributed by atoms with E-state index in [-0.39, 0.29) is 5.91 Å². The third-order valence-corrected chi connectivity index (χ3v) is 2.78. The Balaban J connectivity index is 3.28. The minimum Gasteiger partial charge on any atom is -0.496 e. The van der Waals surface area contributed by atoms with Crippen LogP contribution in [0.25, 0.3) is 0 Å². The standard InChI is InChI=1S/C13H20N2O2/c1-5-9-6-7-11(17-4)10(8-9)12(13(14)16)15(2)3/h6-8,12H,5H2,1-4H3,(H2,14,16). The summed E-state index contributed by atoms with van der Waals surface area (Å²) >= 11 is 0. The lowest BCUT2D eigenvalue weighted by Gasteiger charge is -2.23. The van der Waals surface area contributed by atoms with Gasteiger partial charge in [-0.05, 0) is 38.2 Å². The molecule has 0 bridgehead atoms. The molecular weight excluding hydrogens is 216 g/mol. The SMILES string of the molecule is CCc1ccc(OC)c(C(C(N)=O)N(C)C)c1. The molecule has 1 aromatic rings. The summed E-state index contributed by atoms with van der Waals surface area (Å²) in [7, 11) is 5.25. The molecule has 2 N–H and O–H groups in total. The van der Waals surface area contributed by atoms with E-state index in [4.69, 9.17) is 10.5 Å². The van der Waals surface area contributed by atoms with Crippen molar-refractivity contribution in [3.63, 3.8) is 0 Å². The Morgan fingerprint density at radius 1 is 1.47 bits per heavy atom. The van der Waals surface area contributed by atoms with Gasteiger partial charge in [0, 0.05) is 5.56 Å². The van der Waals surface area contributed by atoms with Gasteiger partial charge in [0.15, 0.2) is 0 Å². The number of hydrogen-bond donors (Lipinski definition) is 1. The number of hydrogen-bond acceptors (Lipinski definition) is 3. The molecule has 0 saturated heterocycles. The Kier molecular flexibility index (Phi) is 4.52. The molecule has 4 heteroatoms. The van der Waals surface area contributed by atoms with Gasteiger partial charge in [-0.15, -0.1) is 0 Å². The first-order valence-electron chi connectivity index (χ1n) is 5.63. The van der Waals surface area contributed by atoms with Crippen molar-refractivity contribution < 1.29 is 9.53 Å². The van der Waals surface area contributed by atoms with Gasteiger partial charge < -0.3 is 10.5 Å². The Morgan fingerprint density at radius 2 is 2.12 bits per heavy atom. The zero-order chi connectivity index (χ0) is 13.0. The zero-order valence-electron chi connectivity index (χ0n) is 10.9. The number of rotatable bonds is 5. The van der Waals surface area contributed by atoms with Gasteiger partial charge in [0.05, 0.1) is 7.11 Å². The molecule has 0 aliphatic heterocycles. The maximum atomic E-state index is 11.5. The number of aryl methyl sites for hydroxylation is 1. The largest absolute Gasteiger partial charge is 0.496 e. The average Bonchev–Trinajstić information content (AvgIpc) is 2.28. The van der Waals surface area contributed by atoms with E-state index < -0.39 is 6.04 Å². The lowest BCUT2D eigenvalue weighted by Crippen LogP contribution is -2.33. The monoisotopic (exact) mass is 236 g/mol. The van der Waals surface area contributed by atoms with Gasteiger partial charge in [0.1, 0.15) is 11.8 Å². The van der Waals surface area contributed by atoms with Crippen molar-refractivity contribution in [3.8, 4) is 5.75 Å². The van der Waals surface area contributed by atoms with E-state index in [9.17, 15) is 4.79 Å². The van der Waals surface area contributed by atoms with Crippen molar-refractivity contribution in [1.29, 1.82) is 0 Å². The van der Waals surface area contributed by atoms with Crippen molar-refractivity contribution in [1.82, 2.24) is 4.90 Å². The summed E-state index contributed by atoms with van der Waals surface area (Å²) in [6, 6.07) is 5.40. The van der Waals surface area contributed by atoms with Gasteiger partial charge in [-0.2, -0.15) is 0 Å². The van der Waals surface area contributed by atoms with Crippen molar-refractivity contribution in [2.75, 3.05) is 21.2 Å². The predicted molar refractivity (Wildman–Crippen MR) is 68.0 cm³/mol. The van der Waals surface area contributed by atoms with Crippen LogP contribution in [0.5, 0.6) is 5.75 Å². The fraction of sp³-hybridized carbons (Fsp3) is 0.462. The van der Waals surface area contributed by atoms with E-state index in [1.807, 2.05) is 32.3 Å². The van der Waals surface area contributed by atoms with Gasteiger partial charge in [0.2, 0.25) is 5.91 Å². The second-order valence-electron chi connectivity index (χ2n) is 4.20. The number of amides is 1. The van der Waals surface area contributed by atoms with E-state index in [1.54, 1.807) is 12.0 Å². The number of nitrogens with zero attached hydrogens (tertiary/aromatic N) is 1. The molecule has 0 aromatic heterocycles. The molecule has 1 atom stereocenters. The molecule has 1 rings (SSSR count). The quantitative estimate of drug-likeness (QED) is 0.839. The van der Waals surface area contributed by atoms with Crippen LogP contribution in [0.2, 0.25) is 0 Å². The van der Waals surface area contributed by atoms with Gasteiger partial charge in [0.25, 0.3) is 0 Å². The number of benzene rings is 1. The molecular formula is C13H20N2O2. The van der Waals surface area contributed by atoms with Crippen molar-refractivity contribution >= 4 is 5.91 Å². The first-order valence-corrected chi connectivity index (χ1v) is 5.63. The Hall–Kier alpha value is -1.55. The molecule has 0 fully saturated rings. The lowest BCUT2D eigenvalue weighted by atomic mass is 10.00. The van der Waals surface area contributed by atoms with Gasteiger partial charge in [-0.25, -0.2) is 0 Å². The van der Waals surface area contributed by atoms with E-state index in [2.05, 4.69) is 6.92 Å². The van der Waals surface area contributed by atoms with Crippen molar-refractivity contribution in [2.24, 2.45) is 5.73 Å². The van der Waals surface area contributed by atoms with Crippen LogP contribution in [0.15, 0.2) is 18.2 Å². The molecule has 4 nitrogen and oxygen atoms in total. The first-order chi connectivity index (χ1) is 8.01. The molecule has 1 aromatic carbocycles. The number of carbonyl (C=O) groups excluding carboxylic acids is 1. The normalized spacial score (nSPS) is 12.5. The summed E-state index contributed by atoms with van der Waals surface area (Å²) in [5.41, 5.74) is 7.43. The zero-order valence-corrected chi connectivity index (χ0v) is 10.9. The number of likely N-dealkylation sites (N-methyl/N-ethyl adjacent to an activating group) is 1. The van der Waals surface area contributed by atoms with Crippen molar-refractivity contribution in [2.45, 2.75) is 19.4 Å². The number of nitrogens with two attached hydrogens (primary N) is 1. The summed E-state index contributed by atoms with van der Waals surface area (Å²) in [6.45, 7) is 2.07. The highest BCUT2D eigenvalue weighted by Crippen LogP contribution is 2.29. The maximum Gasteiger partial charge on any atom is 0.239 e. The fourth-order valence-electron chi connectivity index (χ4n) is 1.90. The summed E-state index contributed by atoms with van der Waals surface area (Å²) in [4.78, 5) is 13.3. The van der Waals surface area contributed by atoms with Gasteiger partial charge >= 0.3 is 0 Å². The van der Waals surface area contributed by atoms with E-state index in [0.717, 1.165) is 17.5 Å². The molecule has 17 heavy (non-hydrogen) atoms. The van der Waals surface area contributed by atoms with E-state index in [1.165, 1.54) is 0 Å². The van der Waals surface area contributed by atoms with Crippen LogP contribution < -0.4 is 10.5 Å². The highest BCUT2D eigenvalue weighted by molar-refractivity contribution is 5.82. The highest BCUT2D eigenvalue weighted by atomic mass is 16.5. The summed E-state index contributed by atoms with van der Waals surface area (Å²) in [5, 5.41) is 0. The molecule has 0 aliphatic rings. The van der Waals surface area contributed by atoms with E-state index >= 15 is 0 Å². The second-order valence-corrected chi connectivity index (χ2v) is 4.20. The molecule has 0 radical (unpaired) electrons. The summed E-state index contributed by atoms with van der Waals surface area (Å²) in [5.74, 6) is 0.321. The van der Waals surface area contributed by atoms with Crippen LogP contribution in [0, 0.1) is 0 Å². The number of methoxy groups -OCH3 is 1. The molecule has 94 valence electrons. The molecule has 0 saturated carbocycles. The predicted octanol–water partition coefficient (Wildman–Crippen LogP) is 1.35. The Labute approximate surface area is 102 Å². The third-order valence-electron chi connectivity index (χ3n) is 2.78. The van der Waals surface area contributed by atoms with E-state index in [0.29, 0.717) is 5.75 Å². The van der Waals surface area contributed by atoms with Crippen LogP contribution in [0.4, 0.5) is 0 Å². The van der Waals surface area contributed by atoms with Gasteiger partial charge in [-0.1, -0.05) is 13.0 Å². The minimum absolute atomic E-state index is 0.374. The second kappa shape index (κ2) is 5.68. The first kappa shape index (κ1) is 13.5. The minimum atomic E-state index is -0.462. The number of primary amides is 1. The lowest BCUT2D eigenvalue weighted by molar-refractivity contribution is -0.122. The van der Waals surface area contributed by atoms with Crippen LogP contribution >= 0.6 is 0 Å².